The van der Waals surface area contributed by atoms with Gasteiger partial charge in [0.25, 0.3) is 0 Å². The van der Waals surface area contributed by atoms with E-state index in [1.165, 1.54) is 25.6 Å². The standard InChI is InChI=1S/C18H32N4O9S/c1-8(23)13(19)16(28)20-10(6-7-32-3)15(27)22-14(9(2)24)17(29)21-11(18(30)31)4-5-12(25)26/h8-11,13-14,23-24H,4-7,19H2,1-3H3,(H,20,28)(H,21,29)(H,22,27)(H,25,26)(H,30,31). The van der Waals surface area contributed by atoms with Gasteiger partial charge in [-0.25, -0.2) is 4.79 Å². The van der Waals surface area contributed by atoms with Crippen molar-refractivity contribution in [2.45, 2.75) is 69.5 Å². The third-order valence-electron chi connectivity index (χ3n) is 4.39. The number of aliphatic hydroxyl groups is 2. The lowest BCUT2D eigenvalue weighted by Crippen LogP contribution is -2.60. The second-order valence-electron chi connectivity index (χ2n) is 7.17. The maximum atomic E-state index is 12.7. The topological polar surface area (TPSA) is 228 Å². The number of carbonyl (C=O) groups excluding carboxylic acids is 3. The largest absolute Gasteiger partial charge is 0.481 e. The number of thioether (sulfide) groups is 1. The van der Waals surface area contributed by atoms with Crippen molar-refractivity contribution in [2.75, 3.05) is 12.0 Å². The molecule has 3 amide bonds. The molecule has 6 unspecified atom stereocenters. The van der Waals surface area contributed by atoms with Crippen LogP contribution in [0.5, 0.6) is 0 Å². The van der Waals surface area contributed by atoms with Crippen molar-refractivity contribution >= 4 is 41.4 Å². The summed E-state index contributed by atoms with van der Waals surface area (Å²) in [5.41, 5.74) is 5.57. The van der Waals surface area contributed by atoms with Gasteiger partial charge >= 0.3 is 11.9 Å². The molecule has 0 aliphatic heterocycles. The summed E-state index contributed by atoms with van der Waals surface area (Å²) < 4.78 is 0. The quantitative estimate of drug-likeness (QED) is 0.120. The summed E-state index contributed by atoms with van der Waals surface area (Å²) in [5, 5.41) is 44.0. The zero-order valence-corrected chi connectivity index (χ0v) is 18.9. The van der Waals surface area contributed by atoms with Gasteiger partial charge in [0.05, 0.1) is 12.2 Å². The highest BCUT2D eigenvalue weighted by Gasteiger charge is 2.33. The molecule has 0 heterocycles. The first-order valence-electron chi connectivity index (χ1n) is 9.78. The molecule has 0 rings (SSSR count). The highest BCUT2D eigenvalue weighted by atomic mass is 32.2. The number of hydrogen-bond acceptors (Lipinski definition) is 9. The molecule has 0 aliphatic carbocycles. The maximum Gasteiger partial charge on any atom is 0.326 e. The first-order chi connectivity index (χ1) is 14.8. The van der Waals surface area contributed by atoms with E-state index in [-0.39, 0.29) is 6.42 Å². The number of hydrogen-bond donors (Lipinski definition) is 8. The van der Waals surface area contributed by atoms with Gasteiger partial charge in [-0.1, -0.05) is 0 Å². The lowest BCUT2D eigenvalue weighted by molar-refractivity contribution is -0.144. The normalized spacial score (nSPS) is 16.6. The van der Waals surface area contributed by atoms with Crippen molar-refractivity contribution in [3.63, 3.8) is 0 Å². The van der Waals surface area contributed by atoms with Crippen LogP contribution in [0.4, 0.5) is 0 Å². The van der Waals surface area contributed by atoms with E-state index in [1.807, 2.05) is 0 Å². The molecule has 0 aliphatic rings. The SMILES string of the molecule is CSCCC(NC(=O)C(N)C(C)O)C(=O)NC(C(=O)NC(CCC(=O)O)C(=O)O)C(C)O. The number of aliphatic carboxylic acids is 2. The van der Waals surface area contributed by atoms with Gasteiger partial charge in [-0.15, -0.1) is 0 Å². The van der Waals surface area contributed by atoms with Crippen molar-refractivity contribution < 1.29 is 44.4 Å². The molecule has 6 atom stereocenters. The van der Waals surface area contributed by atoms with Gasteiger partial charge in [0, 0.05) is 6.42 Å². The van der Waals surface area contributed by atoms with E-state index < -0.39 is 78.9 Å². The van der Waals surface area contributed by atoms with Gasteiger partial charge in [0.15, 0.2) is 0 Å². The van der Waals surface area contributed by atoms with E-state index in [4.69, 9.17) is 10.8 Å². The minimum Gasteiger partial charge on any atom is -0.481 e. The molecule has 14 heteroatoms. The molecule has 0 fully saturated rings. The fourth-order valence-electron chi connectivity index (χ4n) is 2.44. The minimum atomic E-state index is -1.58. The van der Waals surface area contributed by atoms with Crippen molar-refractivity contribution in [3.8, 4) is 0 Å². The second-order valence-corrected chi connectivity index (χ2v) is 8.15. The fraction of sp³-hybridized carbons (Fsp3) is 0.722. The summed E-state index contributed by atoms with van der Waals surface area (Å²) in [6.45, 7) is 2.49. The number of carboxylic acids is 2. The zero-order chi connectivity index (χ0) is 25.0. The third kappa shape index (κ3) is 10.7. The molecular weight excluding hydrogens is 448 g/mol. The summed E-state index contributed by atoms with van der Waals surface area (Å²) in [7, 11) is 0. The number of aliphatic hydroxyl groups excluding tert-OH is 2. The Balaban J connectivity index is 5.38. The molecule has 0 radical (unpaired) electrons. The monoisotopic (exact) mass is 480 g/mol. The first-order valence-corrected chi connectivity index (χ1v) is 11.2. The molecule has 0 saturated carbocycles. The Morgan fingerprint density at radius 2 is 1.41 bits per heavy atom. The molecule has 0 aromatic heterocycles. The fourth-order valence-corrected chi connectivity index (χ4v) is 2.91. The van der Waals surface area contributed by atoms with Gasteiger partial charge in [0.2, 0.25) is 17.7 Å². The van der Waals surface area contributed by atoms with E-state index in [2.05, 4.69) is 16.0 Å². The minimum absolute atomic E-state index is 0.149. The number of rotatable bonds is 15. The molecule has 9 N–H and O–H groups in total. The van der Waals surface area contributed by atoms with Crippen LogP contribution in [0, 0.1) is 0 Å². The average Bonchev–Trinajstić information content (AvgIpc) is 2.70. The Kier molecular flexibility index (Phi) is 13.5. The number of carbonyl (C=O) groups is 5. The Morgan fingerprint density at radius 1 is 0.844 bits per heavy atom. The smallest absolute Gasteiger partial charge is 0.326 e. The van der Waals surface area contributed by atoms with Crippen LogP contribution in [-0.4, -0.2) is 98.5 Å². The van der Waals surface area contributed by atoms with Crippen molar-refractivity contribution in [1.29, 1.82) is 0 Å². The summed E-state index contributed by atoms with van der Waals surface area (Å²) in [5.74, 6) is -4.95. The Morgan fingerprint density at radius 3 is 1.84 bits per heavy atom. The Labute approximate surface area is 189 Å². The molecule has 0 spiro atoms. The van der Waals surface area contributed by atoms with E-state index in [9.17, 15) is 39.3 Å². The molecule has 0 bridgehead atoms. The summed E-state index contributed by atoms with van der Waals surface area (Å²) >= 11 is 1.39. The van der Waals surface area contributed by atoms with Crippen LogP contribution < -0.4 is 21.7 Å². The predicted octanol–water partition coefficient (Wildman–Crippen LogP) is -2.77. The molecular formula is C18H32N4O9S. The van der Waals surface area contributed by atoms with Crippen LogP contribution in [0.2, 0.25) is 0 Å². The van der Waals surface area contributed by atoms with Gasteiger partial charge in [0.1, 0.15) is 24.2 Å². The van der Waals surface area contributed by atoms with E-state index in [1.54, 1.807) is 6.26 Å². The van der Waals surface area contributed by atoms with E-state index in [0.717, 1.165) is 0 Å². The molecule has 0 saturated heterocycles. The van der Waals surface area contributed by atoms with Crippen molar-refractivity contribution in [2.24, 2.45) is 5.73 Å². The maximum absolute atomic E-state index is 12.7. The second kappa shape index (κ2) is 14.6. The third-order valence-corrected chi connectivity index (χ3v) is 5.03. The van der Waals surface area contributed by atoms with Crippen LogP contribution >= 0.6 is 11.8 Å². The number of nitrogens with one attached hydrogen (secondary N) is 3. The molecule has 0 aromatic carbocycles. The molecule has 0 aromatic rings. The van der Waals surface area contributed by atoms with Crippen LogP contribution in [-0.2, 0) is 24.0 Å². The van der Waals surface area contributed by atoms with Gasteiger partial charge < -0.3 is 42.1 Å². The molecule has 13 nitrogen and oxygen atoms in total. The van der Waals surface area contributed by atoms with Crippen LogP contribution in [0.3, 0.4) is 0 Å². The number of carboxylic acid groups (broad SMARTS) is 2. The highest BCUT2D eigenvalue weighted by molar-refractivity contribution is 7.98. The van der Waals surface area contributed by atoms with Gasteiger partial charge in [-0.3, -0.25) is 19.2 Å². The van der Waals surface area contributed by atoms with Crippen LogP contribution in [0.15, 0.2) is 0 Å². The van der Waals surface area contributed by atoms with Gasteiger partial charge in [-0.05, 0) is 38.7 Å². The van der Waals surface area contributed by atoms with Gasteiger partial charge in [-0.2, -0.15) is 11.8 Å². The molecule has 32 heavy (non-hydrogen) atoms. The van der Waals surface area contributed by atoms with Crippen LogP contribution in [0.25, 0.3) is 0 Å². The van der Waals surface area contributed by atoms with E-state index >= 15 is 0 Å². The lowest BCUT2D eigenvalue weighted by atomic mass is 10.1. The number of nitrogens with two attached hydrogens (primary N) is 1. The first kappa shape index (κ1) is 29.6. The van der Waals surface area contributed by atoms with Crippen molar-refractivity contribution in [1.82, 2.24) is 16.0 Å². The molecule has 184 valence electrons. The Hall–Kier alpha value is -2.42. The Bertz CT molecular complexity index is 675. The summed E-state index contributed by atoms with van der Waals surface area (Å²) in [6.07, 6.45) is -1.61. The van der Waals surface area contributed by atoms with E-state index in [0.29, 0.717) is 5.75 Å². The predicted molar refractivity (Wildman–Crippen MR) is 115 cm³/mol. The van der Waals surface area contributed by atoms with Crippen LogP contribution in [0.1, 0.15) is 33.1 Å². The zero-order valence-electron chi connectivity index (χ0n) is 18.1. The number of amides is 3. The van der Waals surface area contributed by atoms with Crippen molar-refractivity contribution in [3.05, 3.63) is 0 Å². The average molecular weight is 481 g/mol. The summed E-state index contributed by atoms with van der Waals surface area (Å²) in [6, 6.07) is -5.56. The summed E-state index contributed by atoms with van der Waals surface area (Å²) in [4.78, 5) is 59.3. The lowest BCUT2D eigenvalue weighted by Gasteiger charge is -2.26. The highest BCUT2D eigenvalue weighted by Crippen LogP contribution is 2.05.